The van der Waals surface area contributed by atoms with Crippen molar-refractivity contribution in [3.05, 3.63) is 22.2 Å². The number of nitrogens with one attached hydrogen (secondary N) is 3. The van der Waals surface area contributed by atoms with Crippen LogP contribution in [0.3, 0.4) is 0 Å². The highest BCUT2D eigenvalue weighted by Crippen LogP contribution is 2.23. The molecular weight excluding hydrogens is 250 g/mol. The van der Waals surface area contributed by atoms with Crippen molar-refractivity contribution in [2.24, 2.45) is 0 Å². The van der Waals surface area contributed by atoms with Gasteiger partial charge in [0.05, 0.1) is 11.5 Å². The zero-order chi connectivity index (χ0) is 13.8. The average Bonchev–Trinajstić information content (AvgIpc) is 3.19. The number of nitro groups is 1. The fourth-order valence-electron chi connectivity index (χ4n) is 1.54. The van der Waals surface area contributed by atoms with E-state index in [4.69, 9.17) is 0 Å². The molecule has 1 heterocycles. The third-order valence-electron chi connectivity index (χ3n) is 2.69. The largest absolute Gasteiger partial charge is 0.373 e. The van der Waals surface area contributed by atoms with Crippen molar-refractivity contribution >= 4 is 23.2 Å². The predicted molar refractivity (Wildman–Crippen MR) is 70.1 cm³/mol. The van der Waals surface area contributed by atoms with E-state index in [0.717, 1.165) is 12.8 Å². The number of rotatable bonds is 6. The Kier molecular flexibility index (Phi) is 3.79. The topological polar surface area (TPSA) is 109 Å². The molecule has 2 rings (SSSR count). The monoisotopic (exact) mass is 265 g/mol. The van der Waals surface area contributed by atoms with E-state index in [-0.39, 0.29) is 30.0 Å². The van der Waals surface area contributed by atoms with Crippen molar-refractivity contribution in [2.75, 3.05) is 24.2 Å². The number of carbonyl (C=O) groups is 1. The molecule has 1 saturated carbocycles. The van der Waals surface area contributed by atoms with Crippen LogP contribution in [0.4, 0.5) is 17.3 Å². The Bertz CT molecular complexity index is 501. The second kappa shape index (κ2) is 5.51. The second-order valence-electron chi connectivity index (χ2n) is 4.27. The average molecular weight is 265 g/mol. The van der Waals surface area contributed by atoms with Crippen molar-refractivity contribution < 1.29 is 9.72 Å². The van der Waals surface area contributed by atoms with Crippen LogP contribution in [-0.2, 0) is 4.79 Å². The van der Waals surface area contributed by atoms with E-state index in [9.17, 15) is 14.9 Å². The molecule has 0 unspecified atom stereocenters. The lowest BCUT2D eigenvalue weighted by Gasteiger charge is -2.08. The molecule has 0 saturated heterocycles. The van der Waals surface area contributed by atoms with E-state index in [1.54, 1.807) is 7.05 Å². The van der Waals surface area contributed by atoms with Crippen LogP contribution in [0.1, 0.15) is 12.8 Å². The SMILES string of the molecule is CNc1ccc([N+](=O)[O-])c(NCC(=O)NC2CC2)n1. The number of anilines is 2. The van der Waals surface area contributed by atoms with Crippen LogP contribution in [0.25, 0.3) is 0 Å². The van der Waals surface area contributed by atoms with Gasteiger partial charge in [0.2, 0.25) is 11.7 Å². The van der Waals surface area contributed by atoms with Crippen LogP contribution in [0.2, 0.25) is 0 Å². The molecule has 8 heteroatoms. The van der Waals surface area contributed by atoms with E-state index < -0.39 is 4.92 Å². The van der Waals surface area contributed by atoms with Crippen molar-refractivity contribution in [3.63, 3.8) is 0 Å². The highest BCUT2D eigenvalue weighted by atomic mass is 16.6. The van der Waals surface area contributed by atoms with Gasteiger partial charge in [-0.1, -0.05) is 0 Å². The molecule has 1 aromatic rings. The van der Waals surface area contributed by atoms with Gasteiger partial charge in [-0.2, -0.15) is 0 Å². The first-order chi connectivity index (χ1) is 9.10. The van der Waals surface area contributed by atoms with Gasteiger partial charge in [0.25, 0.3) is 0 Å². The molecule has 1 aliphatic carbocycles. The lowest BCUT2D eigenvalue weighted by molar-refractivity contribution is -0.384. The second-order valence-corrected chi connectivity index (χ2v) is 4.27. The molecule has 0 aliphatic heterocycles. The van der Waals surface area contributed by atoms with Crippen LogP contribution in [-0.4, -0.2) is 35.4 Å². The predicted octanol–water partition coefficient (Wildman–Crippen LogP) is 0.722. The van der Waals surface area contributed by atoms with Gasteiger partial charge < -0.3 is 16.0 Å². The van der Waals surface area contributed by atoms with Crippen molar-refractivity contribution in [2.45, 2.75) is 18.9 Å². The van der Waals surface area contributed by atoms with E-state index in [2.05, 4.69) is 20.9 Å². The Morgan fingerprint density at radius 2 is 2.26 bits per heavy atom. The molecule has 0 bridgehead atoms. The van der Waals surface area contributed by atoms with Gasteiger partial charge in [-0.05, 0) is 18.9 Å². The molecule has 0 atom stereocenters. The van der Waals surface area contributed by atoms with Crippen molar-refractivity contribution in [1.82, 2.24) is 10.3 Å². The molecule has 1 amide bonds. The molecule has 1 aliphatic rings. The molecule has 0 radical (unpaired) electrons. The van der Waals surface area contributed by atoms with Crippen molar-refractivity contribution in [3.8, 4) is 0 Å². The molecule has 0 aromatic carbocycles. The summed E-state index contributed by atoms with van der Waals surface area (Å²) in [5.41, 5.74) is -0.154. The Balaban J connectivity index is 2.03. The van der Waals surface area contributed by atoms with Gasteiger partial charge in [-0.25, -0.2) is 4.98 Å². The first-order valence-electron chi connectivity index (χ1n) is 5.96. The maximum atomic E-state index is 11.5. The first kappa shape index (κ1) is 13.1. The highest BCUT2D eigenvalue weighted by Gasteiger charge is 2.23. The molecule has 3 N–H and O–H groups in total. The Morgan fingerprint density at radius 1 is 1.53 bits per heavy atom. The smallest absolute Gasteiger partial charge is 0.311 e. The number of aromatic nitrogens is 1. The van der Waals surface area contributed by atoms with Gasteiger partial charge in [0, 0.05) is 19.2 Å². The third kappa shape index (κ3) is 3.54. The maximum absolute atomic E-state index is 11.5. The summed E-state index contributed by atoms with van der Waals surface area (Å²) < 4.78 is 0. The Morgan fingerprint density at radius 3 is 2.84 bits per heavy atom. The quantitative estimate of drug-likeness (QED) is 0.516. The molecule has 1 aromatic heterocycles. The highest BCUT2D eigenvalue weighted by molar-refractivity contribution is 5.81. The van der Waals surface area contributed by atoms with E-state index >= 15 is 0 Å². The number of amides is 1. The van der Waals surface area contributed by atoms with E-state index in [1.165, 1.54) is 12.1 Å². The van der Waals surface area contributed by atoms with Crippen LogP contribution in [0.5, 0.6) is 0 Å². The Hall–Kier alpha value is -2.38. The third-order valence-corrected chi connectivity index (χ3v) is 2.69. The summed E-state index contributed by atoms with van der Waals surface area (Å²) in [6, 6.07) is 3.12. The minimum absolute atomic E-state index is 0.0303. The zero-order valence-electron chi connectivity index (χ0n) is 10.5. The summed E-state index contributed by atoms with van der Waals surface area (Å²) in [5, 5.41) is 19.1. The summed E-state index contributed by atoms with van der Waals surface area (Å²) in [6.45, 7) is -0.0303. The number of carbonyl (C=O) groups excluding carboxylic acids is 1. The molecule has 19 heavy (non-hydrogen) atoms. The number of hydrogen-bond acceptors (Lipinski definition) is 6. The lowest BCUT2D eigenvalue weighted by Crippen LogP contribution is -2.31. The number of pyridine rings is 1. The normalized spacial score (nSPS) is 13.7. The van der Waals surface area contributed by atoms with Gasteiger partial charge in [-0.3, -0.25) is 14.9 Å². The standard InChI is InChI=1S/C11H15N5O3/c1-12-9-5-4-8(16(18)19)11(15-9)13-6-10(17)14-7-2-3-7/h4-5,7H,2-3,6H2,1H3,(H,14,17)(H2,12,13,15). The molecular formula is C11H15N5O3. The van der Waals surface area contributed by atoms with Crippen LogP contribution in [0.15, 0.2) is 12.1 Å². The van der Waals surface area contributed by atoms with E-state index in [1.807, 2.05) is 0 Å². The van der Waals surface area contributed by atoms with Gasteiger partial charge in [0.15, 0.2) is 0 Å². The first-order valence-corrected chi connectivity index (χ1v) is 5.96. The zero-order valence-corrected chi connectivity index (χ0v) is 10.5. The summed E-state index contributed by atoms with van der Waals surface area (Å²) in [4.78, 5) is 25.9. The minimum Gasteiger partial charge on any atom is -0.373 e. The summed E-state index contributed by atoms with van der Waals surface area (Å²) in [5.74, 6) is 0.395. The molecule has 102 valence electrons. The molecule has 1 fully saturated rings. The lowest BCUT2D eigenvalue weighted by atomic mass is 10.3. The number of nitrogens with zero attached hydrogens (tertiary/aromatic N) is 2. The molecule has 8 nitrogen and oxygen atoms in total. The fraction of sp³-hybridized carbons (Fsp3) is 0.455. The van der Waals surface area contributed by atoms with Crippen LogP contribution in [0, 0.1) is 10.1 Å². The number of hydrogen-bond donors (Lipinski definition) is 3. The van der Waals surface area contributed by atoms with Crippen LogP contribution >= 0.6 is 0 Å². The summed E-state index contributed by atoms with van der Waals surface area (Å²) >= 11 is 0. The van der Waals surface area contributed by atoms with Crippen LogP contribution < -0.4 is 16.0 Å². The van der Waals surface area contributed by atoms with Crippen molar-refractivity contribution in [1.29, 1.82) is 0 Å². The maximum Gasteiger partial charge on any atom is 0.311 e. The summed E-state index contributed by atoms with van der Waals surface area (Å²) in [7, 11) is 1.66. The van der Waals surface area contributed by atoms with Gasteiger partial charge in [-0.15, -0.1) is 0 Å². The summed E-state index contributed by atoms with van der Waals surface area (Å²) in [6.07, 6.45) is 2.00. The van der Waals surface area contributed by atoms with Gasteiger partial charge >= 0.3 is 5.69 Å². The molecule has 0 spiro atoms. The fourth-order valence-corrected chi connectivity index (χ4v) is 1.54. The minimum atomic E-state index is -0.534. The van der Waals surface area contributed by atoms with Gasteiger partial charge in [0.1, 0.15) is 5.82 Å². The Labute approximate surface area is 109 Å². The van der Waals surface area contributed by atoms with E-state index in [0.29, 0.717) is 5.82 Å².